The summed E-state index contributed by atoms with van der Waals surface area (Å²) < 4.78 is 4.88. The van der Waals surface area contributed by atoms with Crippen molar-refractivity contribution in [3.05, 3.63) is 39.4 Å². The minimum atomic E-state index is -0.430. The molecular weight excluding hydrogens is 222 g/mol. The molecule has 0 saturated heterocycles. The number of nitrogen functional groups attached to an aromatic ring is 1. The molecule has 0 amide bonds. The van der Waals surface area contributed by atoms with Crippen molar-refractivity contribution in [1.82, 2.24) is 5.16 Å². The SMILES string of the molecule is Cc1cc([N+](=O)[O-])ccc1-c1noc(N)c1C. The van der Waals surface area contributed by atoms with Crippen molar-refractivity contribution in [2.45, 2.75) is 13.8 Å². The summed E-state index contributed by atoms with van der Waals surface area (Å²) in [5, 5.41) is 14.5. The van der Waals surface area contributed by atoms with Gasteiger partial charge in [0.1, 0.15) is 5.69 Å². The zero-order chi connectivity index (χ0) is 12.6. The maximum atomic E-state index is 10.6. The molecule has 0 saturated carbocycles. The van der Waals surface area contributed by atoms with Crippen LogP contribution in [0.25, 0.3) is 11.3 Å². The number of hydrogen-bond acceptors (Lipinski definition) is 5. The van der Waals surface area contributed by atoms with Crippen LogP contribution in [-0.4, -0.2) is 10.1 Å². The van der Waals surface area contributed by atoms with E-state index < -0.39 is 4.92 Å². The quantitative estimate of drug-likeness (QED) is 0.634. The van der Waals surface area contributed by atoms with Crippen molar-refractivity contribution in [3.63, 3.8) is 0 Å². The highest BCUT2D eigenvalue weighted by molar-refractivity contribution is 5.70. The Morgan fingerprint density at radius 2 is 2.12 bits per heavy atom. The summed E-state index contributed by atoms with van der Waals surface area (Å²) in [6.45, 7) is 3.58. The van der Waals surface area contributed by atoms with Crippen molar-refractivity contribution >= 4 is 11.6 Å². The molecule has 1 heterocycles. The Morgan fingerprint density at radius 3 is 2.59 bits per heavy atom. The van der Waals surface area contributed by atoms with E-state index in [1.165, 1.54) is 12.1 Å². The van der Waals surface area contributed by atoms with Gasteiger partial charge in [-0.05, 0) is 25.5 Å². The molecule has 88 valence electrons. The monoisotopic (exact) mass is 233 g/mol. The van der Waals surface area contributed by atoms with Crippen molar-refractivity contribution in [3.8, 4) is 11.3 Å². The first kappa shape index (κ1) is 11.1. The molecule has 0 unspecified atom stereocenters. The van der Waals surface area contributed by atoms with Gasteiger partial charge >= 0.3 is 0 Å². The van der Waals surface area contributed by atoms with Gasteiger partial charge in [0.2, 0.25) is 5.88 Å². The Bertz CT molecular complexity index is 590. The molecular formula is C11H11N3O3. The van der Waals surface area contributed by atoms with Gasteiger partial charge in [-0.1, -0.05) is 5.16 Å². The summed E-state index contributed by atoms with van der Waals surface area (Å²) in [6, 6.07) is 4.59. The topological polar surface area (TPSA) is 95.2 Å². The largest absolute Gasteiger partial charge is 0.367 e. The van der Waals surface area contributed by atoms with E-state index in [0.717, 1.165) is 16.7 Å². The van der Waals surface area contributed by atoms with E-state index in [4.69, 9.17) is 10.3 Å². The standard InChI is InChI=1S/C11H11N3O3/c1-6-5-8(14(15)16)3-4-9(6)10-7(2)11(12)17-13-10/h3-5H,12H2,1-2H3. The number of benzene rings is 1. The van der Waals surface area contributed by atoms with Crippen LogP contribution in [0.2, 0.25) is 0 Å². The highest BCUT2D eigenvalue weighted by Gasteiger charge is 2.15. The van der Waals surface area contributed by atoms with E-state index in [9.17, 15) is 10.1 Å². The number of aryl methyl sites for hydroxylation is 1. The lowest BCUT2D eigenvalue weighted by Crippen LogP contribution is -1.92. The van der Waals surface area contributed by atoms with Gasteiger partial charge in [-0.3, -0.25) is 10.1 Å². The summed E-state index contributed by atoms with van der Waals surface area (Å²) >= 11 is 0. The zero-order valence-corrected chi connectivity index (χ0v) is 9.43. The van der Waals surface area contributed by atoms with Crippen LogP contribution >= 0.6 is 0 Å². The van der Waals surface area contributed by atoms with Gasteiger partial charge in [-0.25, -0.2) is 0 Å². The Morgan fingerprint density at radius 1 is 1.41 bits per heavy atom. The highest BCUT2D eigenvalue weighted by atomic mass is 16.6. The first-order chi connectivity index (χ1) is 8.00. The molecule has 0 radical (unpaired) electrons. The maximum Gasteiger partial charge on any atom is 0.269 e. The second kappa shape index (κ2) is 3.89. The Balaban J connectivity index is 2.54. The number of nitrogens with zero attached hydrogens (tertiary/aromatic N) is 2. The summed E-state index contributed by atoms with van der Waals surface area (Å²) in [5.41, 5.74) is 8.53. The van der Waals surface area contributed by atoms with E-state index in [0.29, 0.717) is 5.69 Å². The summed E-state index contributed by atoms with van der Waals surface area (Å²) in [4.78, 5) is 10.2. The van der Waals surface area contributed by atoms with E-state index in [1.54, 1.807) is 19.9 Å². The van der Waals surface area contributed by atoms with Gasteiger partial charge in [-0.2, -0.15) is 0 Å². The first-order valence-corrected chi connectivity index (χ1v) is 4.98. The zero-order valence-electron chi connectivity index (χ0n) is 9.43. The maximum absolute atomic E-state index is 10.6. The molecule has 2 aromatic rings. The van der Waals surface area contributed by atoms with Gasteiger partial charge < -0.3 is 10.3 Å². The fourth-order valence-electron chi connectivity index (χ4n) is 1.63. The second-order valence-corrected chi connectivity index (χ2v) is 3.78. The number of nitro groups is 1. The lowest BCUT2D eigenvalue weighted by molar-refractivity contribution is -0.384. The number of rotatable bonds is 2. The molecule has 17 heavy (non-hydrogen) atoms. The predicted molar refractivity (Wildman–Crippen MR) is 62.5 cm³/mol. The van der Waals surface area contributed by atoms with E-state index in [-0.39, 0.29) is 11.6 Å². The average molecular weight is 233 g/mol. The van der Waals surface area contributed by atoms with Crippen LogP contribution in [0, 0.1) is 24.0 Å². The normalized spacial score (nSPS) is 10.5. The first-order valence-electron chi connectivity index (χ1n) is 4.98. The minimum absolute atomic E-state index is 0.0559. The van der Waals surface area contributed by atoms with Crippen LogP contribution in [0.3, 0.4) is 0 Å². The van der Waals surface area contributed by atoms with Gasteiger partial charge in [0.25, 0.3) is 5.69 Å². The number of hydrogen-bond donors (Lipinski definition) is 1. The van der Waals surface area contributed by atoms with Crippen molar-refractivity contribution in [2.75, 3.05) is 5.73 Å². The van der Waals surface area contributed by atoms with E-state index in [1.807, 2.05) is 0 Å². The average Bonchev–Trinajstić information content (AvgIpc) is 2.60. The summed E-state index contributed by atoms with van der Waals surface area (Å²) in [7, 11) is 0. The molecule has 6 heteroatoms. The molecule has 0 bridgehead atoms. The third kappa shape index (κ3) is 1.84. The third-order valence-electron chi connectivity index (χ3n) is 2.64. The molecule has 0 aliphatic rings. The van der Waals surface area contributed by atoms with Crippen molar-refractivity contribution < 1.29 is 9.45 Å². The van der Waals surface area contributed by atoms with Gasteiger partial charge in [-0.15, -0.1) is 0 Å². The molecule has 6 nitrogen and oxygen atoms in total. The molecule has 1 aromatic carbocycles. The van der Waals surface area contributed by atoms with Gasteiger partial charge in [0, 0.05) is 23.3 Å². The molecule has 1 aromatic heterocycles. The minimum Gasteiger partial charge on any atom is -0.367 e. The molecule has 0 atom stereocenters. The molecule has 0 spiro atoms. The van der Waals surface area contributed by atoms with Crippen LogP contribution in [-0.2, 0) is 0 Å². The highest BCUT2D eigenvalue weighted by Crippen LogP contribution is 2.30. The van der Waals surface area contributed by atoms with Crippen LogP contribution in [0.4, 0.5) is 11.6 Å². The molecule has 2 rings (SSSR count). The van der Waals surface area contributed by atoms with Gasteiger partial charge in [0.15, 0.2) is 0 Å². The van der Waals surface area contributed by atoms with E-state index in [2.05, 4.69) is 5.16 Å². The Kier molecular flexibility index (Phi) is 2.55. The van der Waals surface area contributed by atoms with Crippen LogP contribution in [0.1, 0.15) is 11.1 Å². The number of anilines is 1. The fraction of sp³-hybridized carbons (Fsp3) is 0.182. The third-order valence-corrected chi connectivity index (χ3v) is 2.64. The fourth-order valence-corrected chi connectivity index (χ4v) is 1.63. The molecule has 2 N–H and O–H groups in total. The Labute approximate surface area is 97.2 Å². The van der Waals surface area contributed by atoms with E-state index >= 15 is 0 Å². The smallest absolute Gasteiger partial charge is 0.269 e. The molecule has 0 aliphatic heterocycles. The number of non-ortho nitro benzene ring substituents is 1. The lowest BCUT2D eigenvalue weighted by Gasteiger charge is -2.02. The van der Waals surface area contributed by atoms with Crippen LogP contribution in [0.5, 0.6) is 0 Å². The second-order valence-electron chi connectivity index (χ2n) is 3.78. The molecule has 0 fully saturated rings. The number of nitro benzene ring substituents is 1. The predicted octanol–water partition coefficient (Wildman–Crippen LogP) is 2.45. The molecule has 0 aliphatic carbocycles. The van der Waals surface area contributed by atoms with Crippen LogP contribution in [0.15, 0.2) is 22.7 Å². The van der Waals surface area contributed by atoms with Crippen molar-refractivity contribution in [1.29, 1.82) is 0 Å². The Hall–Kier alpha value is -2.37. The van der Waals surface area contributed by atoms with Crippen LogP contribution < -0.4 is 5.73 Å². The van der Waals surface area contributed by atoms with Gasteiger partial charge in [0.05, 0.1) is 4.92 Å². The summed E-state index contributed by atoms with van der Waals surface area (Å²) in [5.74, 6) is 0.262. The number of nitrogens with two attached hydrogens (primary N) is 1. The summed E-state index contributed by atoms with van der Waals surface area (Å²) in [6.07, 6.45) is 0. The van der Waals surface area contributed by atoms with Crippen molar-refractivity contribution in [2.24, 2.45) is 0 Å². The number of aromatic nitrogens is 1. The lowest BCUT2D eigenvalue weighted by atomic mass is 10.0.